The van der Waals surface area contributed by atoms with Gasteiger partial charge in [0.05, 0.1) is 18.6 Å². The number of carbonyl (C=O) groups is 1. The van der Waals surface area contributed by atoms with Crippen molar-refractivity contribution in [3.05, 3.63) is 0 Å². The van der Waals surface area contributed by atoms with E-state index in [9.17, 15) is 4.79 Å². The van der Waals surface area contributed by atoms with E-state index >= 15 is 0 Å². The van der Waals surface area contributed by atoms with Crippen molar-refractivity contribution in [3.63, 3.8) is 0 Å². The fourth-order valence-corrected chi connectivity index (χ4v) is 7.04. The molecule has 23 heavy (non-hydrogen) atoms. The lowest BCUT2D eigenvalue weighted by atomic mass is 9.40. The molecule has 1 amide bonds. The van der Waals surface area contributed by atoms with Crippen LogP contribution in [0.25, 0.3) is 0 Å². The van der Waals surface area contributed by atoms with Crippen molar-refractivity contribution in [3.8, 4) is 0 Å². The maximum atomic E-state index is 13.1. The Morgan fingerprint density at radius 3 is 2.35 bits per heavy atom. The molecule has 0 radical (unpaired) electrons. The van der Waals surface area contributed by atoms with Gasteiger partial charge in [0.1, 0.15) is 0 Å². The fourth-order valence-electron chi connectivity index (χ4n) is 7.04. The molecule has 4 aliphatic carbocycles. The standard InChI is InChI=1S/C19H32N2O2/c1-17-9-15-10-18(2,12-17)14-19(11-15,13-17)16(22)20-3-4-21-5-7-23-8-6-21/h15H,3-14H2,1-2H3,(H,20,22)/t15?,17-,18-,19?/m0/s1. The molecule has 4 nitrogen and oxygen atoms in total. The van der Waals surface area contributed by atoms with E-state index in [0.29, 0.717) is 16.7 Å². The Bertz CT molecular complexity index is 468. The zero-order valence-corrected chi connectivity index (χ0v) is 14.8. The Balaban J connectivity index is 1.38. The van der Waals surface area contributed by atoms with E-state index in [1.54, 1.807) is 0 Å². The van der Waals surface area contributed by atoms with Gasteiger partial charge >= 0.3 is 0 Å². The summed E-state index contributed by atoms with van der Waals surface area (Å²) >= 11 is 0. The van der Waals surface area contributed by atoms with Gasteiger partial charge in [0.25, 0.3) is 0 Å². The van der Waals surface area contributed by atoms with Crippen LogP contribution in [0.4, 0.5) is 0 Å². The molecule has 0 aromatic carbocycles. The number of amides is 1. The van der Waals surface area contributed by atoms with E-state index in [1.807, 2.05) is 0 Å². The van der Waals surface area contributed by atoms with Crippen LogP contribution >= 0.6 is 0 Å². The lowest BCUT2D eigenvalue weighted by Gasteiger charge is -2.64. The second-order valence-corrected chi connectivity index (χ2v) is 9.62. The zero-order chi connectivity index (χ0) is 16.1. The van der Waals surface area contributed by atoms with Gasteiger partial charge in [0.2, 0.25) is 5.91 Å². The van der Waals surface area contributed by atoms with Gasteiger partial charge in [-0.05, 0) is 55.3 Å². The van der Waals surface area contributed by atoms with E-state index in [-0.39, 0.29) is 5.41 Å². The van der Waals surface area contributed by atoms with Crippen molar-refractivity contribution < 1.29 is 9.53 Å². The molecule has 0 aromatic heterocycles. The maximum absolute atomic E-state index is 13.1. The van der Waals surface area contributed by atoms with Crippen LogP contribution < -0.4 is 5.32 Å². The third-order valence-corrected chi connectivity index (χ3v) is 6.93. The molecule has 5 aliphatic rings. The smallest absolute Gasteiger partial charge is 0.226 e. The van der Waals surface area contributed by atoms with Gasteiger partial charge in [0.15, 0.2) is 0 Å². The highest BCUT2D eigenvalue weighted by Crippen LogP contribution is 2.69. The second kappa shape index (κ2) is 5.45. The fraction of sp³-hybridized carbons (Fsp3) is 0.947. The molecule has 0 spiro atoms. The molecule has 4 saturated carbocycles. The average molecular weight is 320 g/mol. The highest BCUT2D eigenvalue weighted by atomic mass is 16.5. The van der Waals surface area contributed by atoms with Gasteiger partial charge in [-0.1, -0.05) is 13.8 Å². The van der Waals surface area contributed by atoms with E-state index < -0.39 is 0 Å². The van der Waals surface area contributed by atoms with Crippen LogP contribution in [0.3, 0.4) is 0 Å². The molecule has 130 valence electrons. The normalized spacial score (nSPS) is 46.1. The Kier molecular flexibility index (Phi) is 3.77. The molecule has 4 heteroatoms. The van der Waals surface area contributed by atoms with Gasteiger partial charge in [-0.2, -0.15) is 0 Å². The Morgan fingerprint density at radius 2 is 1.74 bits per heavy atom. The highest BCUT2D eigenvalue weighted by molar-refractivity contribution is 5.83. The second-order valence-electron chi connectivity index (χ2n) is 9.62. The summed E-state index contributed by atoms with van der Waals surface area (Å²) in [5.41, 5.74) is 0.763. The third kappa shape index (κ3) is 2.93. The first-order valence-corrected chi connectivity index (χ1v) is 9.49. The van der Waals surface area contributed by atoms with Crippen LogP contribution in [0, 0.1) is 22.2 Å². The summed E-state index contributed by atoms with van der Waals surface area (Å²) in [5, 5.41) is 3.30. The van der Waals surface area contributed by atoms with Crippen LogP contribution in [0.5, 0.6) is 0 Å². The van der Waals surface area contributed by atoms with Crippen molar-refractivity contribution in [2.45, 2.75) is 52.4 Å². The van der Waals surface area contributed by atoms with Crippen molar-refractivity contribution in [1.82, 2.24) is 10.2 Å². The first-order chi connectivity index (χ1) is 10.9. The van der Waals surface area contributed by atoms with Crippen LogP contribution in [0.2, 0.25) is 0 Å². The van der Waals surface area contributed by atoms with Gasteiger partial charge in [0, 0.05) is 26.2 Å². The van der Waals surface area contributed by atoms with Crippen LogP contribution in [-0.4, -0.2) is 50.2 Å². The molecule has 1 saturated heterocycles. The molecule has 4 bridgehead atoms. The molecule has 5 fully saturated rings. The largest absolute Gasteiger partial charge is 0.379 e. The number of nitrogens with zero attached hydrogens (tertiary/aromatic N) is 1. The Labute approximate surface area is 140 Å². The molecular formula is C19H32N2O2. The number of ether oxygens (including phenoxy) is 1. The van der Waals surface area contributed by atoms with Crippen LogP contribution in [0.1, 0.15) is 52.4 Å². The minimum Gasteiger partial charge on any atom is -0.379 e. The van der Waals surface area contributed by atoms with Crippen LogP contribution in [0.15, 0.2) is 0 Å². The minimum absolute atomic E-state index is 0.0616. The molecule has 5 rings (SSSR count). The average Bonchev–Trinajstić information content (AvgIpc) is 2.44. The predicted molar refractivity (Wildman–Crippen MR) is 90.1 cm³/mol. The number of hydrogen-bond donors (Lipinski definition) is 1. The first-order valence-electron chi connectivity index (χ1n) is 9.49. The monoisotopic (exact) mass is 320 g/mol. The van der Waals surface area contributed by atoms with E-state index in [2.05, 4.69) is 24.1 Å². The topological polar surface area (TPSA) is 41.6 Å². The summed E-state index contributed by atoms with van der Waals surface area (Å²) in [6.45, 7) is 10.3. The SMILES string of the molecule is C[C@@]12CC3CC(C(=O)NCCN4CCOCC4)(C1)C[C@@](C)(C3)C2. The minimum atomic E-state index is -0.0616. The number of nitrogens with one attached hydrogen (secondary N) is 1. The summed E-state index contributed by atoms with van der Waals surface area (Å²) in [5.74, 6) is 1.14. The molecule has 1 N–H and O–H groups in total. The lowest BCUT2D eigenvalue weighted by Crippen LogP contribution is -2.60. The summed E-state index contributed by atoms with van der Waals surface area (Å²) in [6, 6.07) is 0. The highest BCUT2D eigenvalue weighted by Gasteiger charge is 2.62. The summed E-state index contributed by atoms with van der Waals surface area (Å²) in [7, 11) is 0. The molecule has 0 aromatic rings. The van der Waals surface area contributed by atoms with Gasteiger partial charge < -0.3 is 10.1 Å². The number of morpholine rings is 1. The number of carbonyl (C=O) groups excluding carboxylic acids is 1. The first kappa shape index (κ1) is 15.9. The molecule has 1 aliphatic heterocycles. The Hall–Kier alpha value is -0.610. The third-order valence-electron chi connectivity index (χ3n) is 6.93. The van der Waals surface area contributed by atoms with E-state index in [1.165, 1.54) is 19.3 Å². The number of rotatable bonds is 4. The van der Waals surface area contributed by atoms with Gasteiger partial charge in [-0.3, -0.25) is 9.69 Å². The molecule has 1 heterocycles. The van der Waals surface area contributed by atoms with Gasteiger partial charge in [-0.25, -0.2) is 0 Å². The predicted octanol–water partition coefficient (Wildman–Crippen LogP) is 2.43. The van der Waals surface area contributed by atoms with Crippen molar-refractivity contribution in [2.75, 3.05) is 39.4 Å². The zero-order valence-electron chi connectivity index (χ0n) is 14.8. The van der Waals surface area contributed by atoms with Crippen molar-refractivity contribution in [2.24, 2.45) is 22.2 Å². The van der Waals surface area contributed by atoms with E-state index in [0.717, 1.165) is 64.6 Å². The van der Waals surface area contributed by atoms with E-state index in [4.69, 9.17) is 4.74 Å². The van der Waals surface area contributed by atoms with Gasteiger partial charge in [-0.15, -0.1) is 0 Å². The summed E-state index contributed by atoms with van der Waals surface area (Å²) in [4.78, 5) is 15.5. The number of hydrogen-bond acceptors (Lipinski definition) is 3. The quantitative estimate of drug-likeness (QED) is 0.865. The lowest BCUT2D eigenvalue weighted by molar-refractivity contribution is -0.170. The maximum Gasteiger partial charge on any atom is 0.226 e. The summed E-state index contributed by atoms with van der Waals surface area (Å²) in [6.07, 6.45) is 7.42. The molecule has 2 atom stereocenters. The summed E-state index contributed by atoms with van der Waals surface area (Å²) < 4.78 is 5.38. The Morgan fingerprint density at radius 1 is 1.09 bits per heavy atom. The van der Waals surface area contributed by atoms with Crippen molar-refractivity contribution >= 4 is 5.91 Å². The molecule has 0 unspecified atom stereocenters. The molecular weight excluding hydrogens is 288 g/mol. The van der Waals surface area contributed by atoms with Crippen molar-refractivity contribution in [1.29, 1.82) is 0 Å². The van der Waals surface area contributed by atoms with Crippen LogP contribution in [-0.2, 0) is 9.53 Å².